The summed E-state index contributed by atoms with van der Waals surface area (Å²) in [4.78, 5) is 19.7. The summed E-state index contributed by atoms with van der Waals surface area (Å²) in [5.41, 5.74) is 4.71. The van der Waals surface area contributed by atoms with Crippen LogP contribution in [-0.4, -0.2) is 20.4 Å². The number of furan rings is 1. The Hall–Kier alpha value is -3.32. The SMILES string of the molecule is Cc1cc([C@H]2Nc3ccccc3C(=O)N2Cc2ccco2)c(C)n1-c1nccs1. The maximum atomic E-state index is 13.4. The first-order chi connectivity index (χ1) is 14.1. The molecule has 0 fully saturated rings. The average molecular weight is 404 g/mol. The van der Waals surface area contributed by atoms with Crippen LogP contribution >= 0.6 is 11.3 Å². The van der Waals surface area contributed by atoms with Gasteiger partial charge in [-0.25, -0.2) is 4.98 Å². The van der Waals surface area contributed by atoms with E-state index in [1.54, 1.807) is 23.8 Å². The Kier molecular flexibility index (Phi) is 4.24. The number of aromatic nitrogens is 2. The molecule has 4 aromatic rings. The van der Waals surface area contributed by atoms with Gasteiger partial charge >= 0.3 is 0 Å². The number of nitrogens with zero attached hydrogens (tertiary/aromatic N) is 3. The second-order valence-corrected chi connectivity index (χ2v) is 7.95. The van der Waals surface area contributed by atoms with Crippen LogP contribution in [0.3, 0.4) is 0 Å². The quantitative estimate of drug-likeness (QED) is 0.525. The number of anilines is 1. The summed E-state index contributed by atoms with van der Waals surface area (Å²) in [5.74, 6) is 0.734. The van der Waals surface area contributed by atoms with Crippen molar-refractivity contribution in [2.24, 2.45) is 0 Å². The number of thiazole rings is 1. The highest BCUT2D eigenvalue weighted by Crippen LogP contribution is 2.37. The van der Waals surface area contributed by atoms with Crippen molar-refractivity contribution in [2.45, 2.75) is 26.6 Å². The van der Waals surface area contributed by atoms with Crippen molar-refractivity contribution in [2.75, 3.05) is 5.32 Å². The van der Waals surface area contributed by atoms with Crippen LogP contribution in [-0.2, 0) is 6.54 Å². The summed E-state index contributed by atoms with van der Waals surface area (Å²) < 4.78 is 7.68. The van der Waals surface area contributed by atoms with Crippen LogP contribution in [0.15, 0.2) is 64.7 Å². The number of fused-ring (bicyclic) bond motifs is 1. The van der Waals surface area contributed by atoms with Crippen LogP contribution in [0.5, 0.6) is 0 Å². The van der Waals surface area contributed by atoms with Gasteiger partial charge in [0.05, 0.1) is 18.4 Å². The van der Waals surface area contributed by atoms with Crippen LogP contribution in [0.25, 0.3) is 5.13 Å². The lowest BCUT2D eigenvalue weighted by Crippen LogP contribution is -2.42. The van der Waals surface area contributed by atoms with Gasteiger partial charge in [-0.2, -0.15) is 0 Å². The Labute approximate surface area is 172 Å². The van der Waals surface area contributed by atoms with E-state index in [2.05, 4.69) is 34.8 Å². The number of rotatable bonds is 4. The summed E-state index contributed by atoms with van der Waals surface area (Å²) >= 11 is 1.59. The average Bonchev–Trinajstić information content (AvgIpc) is 3.47. The highest BCUT2D eigenvalue weighted by atomic mass is 32.1. The molecule has 3 aromatic heterocycles. The van der Waals surface area contributed by atoms with Crippen LogP contribution in [0.4, 0.5) is 5.69 Å². The second kappa shape index (κ2) is 6.93. The normalized spacial score (nSPS) is 16.0. The largest absolute Gasteiger partial charge is 0.467 e. The number of amides is 1. The smallest absolute Gasteiger partial charge is 0.258 e. The van der Waals surface area contributed by atoms with Gasteiger partial charge in [0, 0.05) is 34.2 Å². The predicted octanol–water partition coefficient (Wildman–Crippen LogP) is 4.91. The van der Waals surface area contributed by atoms with Crippen LogP contribution in [0, 0.1) is 13.8 Å². The third kappa shape index (κ3) is 2.94. The molecular weight excluding hydrogens is 384 g/mol. The van der Waals surface area contributed by atoms with Crippen molar-refractivity contribution < 1.29 is 9.21 Å². The maximum absolute atomic E-state index is 13.4. The zero-order valence-corrected chi connectivity index (χ0v) is 16.9. The maximum Gasteiger partial charge on any atom is 0.258 e. The van der Waals surface area contributed by atoms with Gasteiger partial charge in [-0.3, -0.25) is 9.36 Å². The van der Waals surface area contributed by atoms with Crippen molar-refractivity contribution in [1.82, 2.24) is 14.5 Å². The molecule has 0 spiro atoms. The molecule has 0 saturated carbocycles. The van der Waals surface area contributed by atoms with Gasteiger partial charge < -0.3 is 14.6 Å². The molecule has 6 nitrogen and oxygen atoms in total. The van der Waals surface area contributed by atoms with Gasteiger partial charge in [0.2, 0.25) is 0 Å². The van der Waals surface area contributed by atoms with Crippen molar-refractivity contribution in [3.63, 3.8) is 0 Å². The van der Waals surface area contributed by atoms with Crippen molar-refractivity contribution in [1.29, 1.82) is 0 Å². The first-order valence-corrected chi connectivity index (χ1v) is 10.3. The third-order valence-electron chi connectivity index (χ3n) is 5.30. The van der Waals surface area contributed by atoms with E-state index in [1.807, 2.05) is 46.7 Å². The molecule has 1 aliphatic rings. The van der Waals surface area contributed by atoms with Gasteiger partial charge in [0.1, 0.15) is 11.9 Å². The van der Waals surface area contributed by atoms with E-state index in [9.17, 15) is 4.79 Å². The molecule has 0 aliphatic carbocycles. The van der Waals surface area contributed by atoms with E-state index < -0.39 is 0 Å². The molecule has 0 radical (unpaired) electrons. The van der Waals surface area contributed by atoms with Gasteiger partial charge in [0.15, 0.2) is 5.13 Å². The first-order valence-electron chi connectivity index (χ1n) is 9.41. The molecule has 29 heavy (non-hydrogen) atoms. The van der Waals surface area contributed by atoms with Crippen LogP contribution in [0.1, 0.15) is 39.2 Å². The zero-order valence-electron chi connectivity index (χ0n) is 16.1. The number of aryl methyl sites for hydroxylation is 1. The Morgan fingerprint density at radius 3 is 2.83 bits per heavy atom. The van der Waals surface area contributed by atoms with Gasteiger partial charge in [-0.15, -0.1) is 11.3 Å². The summed E-state index contributed by atoms with van der Waals surface area (Å²) in [6.07, 6.45) is 3.14. The highest BCUT2D eigenvalue weighted by Gasteiger charge is 2.35. The molecule has 4 heterocycles. The standard InChI is InChI=1S/C22H20N4O2S/c1-14-12-18(15(2)26(14)22-23-9-11-29-22)20-24-19-8-4-3-7-17(19)21(27)25(20)13-16-6-5-10-28-16/h3-12,20,24H,13H2,1-2H3/t20-/m0/s1. The Balaban J connectivity index is 1.62. The molecule has 0 bridgehead atoms. The number of hydrogen-bond donors (Lipinski definition) is 1. The van der Waals surface area contributed by atoms with E-state index >= 15 is 0 Å². The summed E-state index contributed by atoms with van der Waals surface area (Å²) in [6, 6.07) is 13.5. The minimum absolute atomic E-state index is 0.0141. The van der Waals surface area contributed by atoms with E-state index in [0.29, 0.717) is 12.1 Å². The monoisotopic (exact) mass is 404 g/mol. The fraction of sp³-hybridized carbons (Fsp3) is 0.182. The first kappa shape index (κ1) is 17.8. The molecule has 1 atom stereocenters. The predicted molar refractivity (Wildman–Crippen MR) is 112 cm³/mol. The summed E-state index contributed by atoms with van der Waals surface area (Å²) in [6.45, 7) is 4.52. The van der Waals surface area contributed by atoms with Gasteiger partial charge in [0.25, 0.3) is 5.91 Å². The summed E-state index contributed by atoms with van der Waals surface area (Å²) in [5, 5.41) is 6.46. The van der Waals surface area contributed by atoms with Crippen molar-refractivity contribution in [3.8, 4) is 5.13 Å². The number of para-hydroxylation sites is 1. The minimum atomic E-state index is -0.303. The lowest BCUT2D eigenvalue weighted by atomic mass is 10.0. The van der Waals surface area contributed by atoms with Crippen molar-refractivity contribution >= 4 is 22.9 Å². The second-order valence-electron chi connectivity index (χ2n) is 7.08. The molecule has 0 saturated heterocycles. The molecule has 5 rings (SSSR count). The van der Waals surface area contributed by atoms with Gasteiger partial charge in [-0.1, -0.05) is 12.1 Å². The Bertz CT molecular complexity index is 1160. The fourth-order valence-electron chi connectivity index (χ4n) is 3.96. The zero-order chi connectivity index (χ0) is 20.0. The Morgan fingerprint density at radius 2 is 2.07 bits per heavy atom. The van der Waals surface area contributed by atoms with Crippen molar-refractivity contribution in [3.05, 3.63) is 88.6 Å². The molecule has 1 aromatic carbocycles. The fourth-order valence-corrected chi connectivity index (χ4v) is 4.71. The van der Waals surface area contributed by atoms with E-state index in [4.69, 9.17) is 4.42 Å². The minimum Gasteiger partial charge on any atom is -0.467 e. The molecule has 146 valence electrons. The molecule has 1 N–H and O–H groups in total. The van der Waals surface area contributed by atoms with Crippen LogP contribution < -0.4 is 5.32 Å². The highest BCUT2D eigenvalue weighted by molar-refractivity contribution is 7.12. The molecule has 0 unspecified atom stereocenters. The van der Waals surface area contributed by atoms with E-state index in [0.717, 1.165) is 33.5 Å². The lowest BCUT2D eigenvalue weighted by molar-refractivity contribution is 0.0651. The van der Waals surface area contributed by atoms with E-state index in [1.165, 1.54) is 0 Å². The number of carbonyl (C=O) groups is 1. The number of benzene rings is 1. The van der Waals surface area contributed by atoms with Gasteiger partial charge in [-0.05, 0) is 44.2 Å². The number of hydrogen-bond acceptors (Lipinski definition) is 5. The number of nitrogens with one attached hydrogen (secondary N) is 1. The Morgan fingerprint density at radius 1 is 1.21 bits per heavy atom. The van der Waals surface area contributed by atoms with E-state index in [-0.39, 0.29) is 12.1 Å². The molecule has 7 heteroatoms. The van der Waals surface area contributed by atoms with Crippen LogP contribution in [0.2, 0.25) is 0 Å². The summed E-state index contributed by atoms with van der Waals surface area (Å²) in [7, 11) is 0. The lowest BCUT2D eigenvalue weighted by Gasteiger charge is -2.37. The molecule has 1 amide bonds. The molecular formula is C22H20N4O2S. The number of carbonyl (C=O) groups excluding carboxylic acids is 1. The third-order valence-corrected chi connectivity index (χ3v) is 6.06. The molecule has 1 aliphatic heterocycles. The topological polar surface area (TPSA) is 63.3 Å².